The van der Waals surface area contributed by atoms with Gasteiger partial charge in [-0.25, -0.2) is 4.98 Å². The third-order valence-electron chi connectivity index (χ3n) is 6.85. The van der Waals surface area contributed by atoms with Gasteiger partial charge < -0.3 is 19.4 Å². The Balaban J connectivity index is 1.25. The van der Waals surface area contributed by atoms with Gasteiger partial charge in [0.1, 0.15) is 11.6 Å². The Morgan fingerprint density at radius 2 is 1.84 bits per heavy atom. The van der Waals surface area contributed by atoms with Gasteiger partial charge in [0, 0.05) is 45.5 Å². The summed E-state index contributed by atoms with van der Waals surface area (Å²) in [5.41, 5.74) is 2.59. The molecule has 0 spiro atoms. The number of hydrogen-bond acceptors (Lipinski definition) is 5. The summed E-state index contributed by atoms with van der Waals surface area (Å²) in [5.74, 6) is 2.01. The second-order valence-corrected chi connectivity index (χ2v) is 8.70. The molecule has 32 heavy (non-hydrogen) atoms. The Kier molecular flexibility index (Phi) is 5.85. The molecule has 2 saturated heterocycles. The number of piperazine rings is 1. The van der Waals surface area contributed by atoms with Gasteiger partial charge in [-0.2, -0.15) is 0 Å². The lowest BCUT2D eigenvalue weighted by molar-refractivity contribution is -0.143. The van der Waals surface area contributed by atoms with Crippen LogP contribution in [-0.4, -0.2) is 72.2 Å². The summed E-state index contributed by atoms with van der Waals surface area (Å²) in [5, 5.41) is 0. The average molecular weight is 435 g/mol. The number of fused-ring (bicyclic) bond motifs is 1. The normalized spacial score (nSPS) is 19.2. The zero-order chi connectivity index (χ0) is 22.0. The fourth-order valence-corrected chi connectivity index (χ4v) is 4.97. The number of nitrogens with one attached hydrogen (secondary N) is 1. The topological polar surface area (TPSA) is 70.7 Å². The van der Waals surface area contributed by atoms with Crippen molar-refractivity contribution in [3.63, 3.8) is 0 Å². The Morgan fingerprint density at radius 3 is 2.56 bits per heavy atom. The number of rotatable bonds is 5. The van der Waals surface area contributed by atoms with Gasteiger partial charge in [-0.15, -0.1) is 0 Å². The van der Waals surface area contributed by atoms with Gasteiger partial charge in [0.05, 0.1) is 30.1 Å². The minimum atomic E-state index is -0.459. The van der Waals surface area contributed by atoms with Crippen LogP contribution in [0.3, 0.4) is 0 Å². The Morgan fingerprint density at radius 1 is 1.09 bits per heavy atom. The van der Waals surface area contributed by atoms with Crippen molar-refractivity contribution >= 4 is 16.9 Å². The summed E-state index contributed by atoms with van der Waals surface area (Å²) in [6.45, 7) is 5.18. The first-order chi connectivity index (χ1) is 15.7. The van der Waals surface area contributed by atoms with E-state index in [1.165, 1.54) is 0 Å². The monoisotopic (exact) mass is 434 g/mol. The first kappa shape index (κ1) is 21.0. The lowest BCUT2D eigenvalue weighted by Crippen LogP contribution is -2.55. The molecule has 0 bridgehead atoms. The van der Waals surface area contributed by atoms with Gasteiger partial charge in [0.25, 0.3) is 0 Å². The predicted molar refractivity (Wildman–Crippen MR) is 123 cm³/mol. The van der Waals surface area contributed by atoms with E-state index in [9.17, 15) is 4.79 Å². The van der Waals surface area contributed by atoms with E-state index in [-0.39, 0.29) is 5.91 Å². The van der Waals surface area contributed by atoms with Crippen molar-refractivity contribution in [1.29, 1.82) is 0 Å². The van der Waals surface area contributed by atoms with Crippen molar-refractivity contribution in [2.24, 2.45) is 0 Å². The summed E-state index contributed by atoms with van der Waals surface area (Å²) in [7, 11) is 1.67. The SMILES string of the molecule is COc1ccc2nc(CN3CCN(C(=O)C4(c5ccccc5)CCOCC4)CC3)[nH]c2c1. The number of H-pyrrole nitrogens is 1. The molecule has 0 unspecified atom stereocenters. The van der Waals surface area contributed by atoms with Gasteiger partial charge in [0.2, 0.25) is 5.91 Å². The molecule has 168 valence electrons. The molecule has 2 aromatic carbocycles. The molecule has 3 heterocycles. The number of ether oxygens (including phenoxy) is 2. The fourth-order valence-electron chi connectivity index (χ4n) is 4.97. The van der Waals surface area contributed by atoms with Crippen LogP contribution in [-0.2, 0) is 21.5 Å². The highest BCUT2D eigenvalue weighted by Crippen LogP contribution is 2.37. The Hall–Kier alpha value is -2.90. The highest BCUT2D eigenvalue weighted by molar-refractivity contribution is 5.88. The van der Waals surface area contributed by atoms with Crippen LogP contribution in [0.2, 0.25) is 0 Å². The van der Waals surface area contributed by atoms with Crippen LogP contribution in [0.4, 0.5) is 0 Å². The molecule has 1 aromatic heterocycles. The van der Waals surface area contributed by atoms with Crippen LogP contribution in [0.15, 0.2) is 48.5 Å². The molecule has 5 rings (SSSR count). The number of carbonyl (C=O) groups excluding carboxylic acids is 1. The molecule has 3 aromatic rings. The lowest BCUT2D eigenvalue weighted by atomic mass is 9.73. The lowest BCUT2D eigenvalue weighted by Gasteiger charge is -2.43. The number of nitrogens with zero attached hydrogens (tertiary/aromatic N) is 3. The van der Waals surface area contributed by atoms with Gasteiger partial charge in [-0.3, -0.25) is 9.69 Å². The number of aromatic nitrogens is 2. The van der Waals surface area contributed by atoms with E-state index in [1.54, 1.807) is 7.11 Å². The largest absolute Gasteiger partial charge is 0.497 e. The van der Waals surface area contributed by atoms with Crippen LogP contribution in [0.1, 0.15) is 24.2 Å². The molecule has 0 saturated carbocycles. The summed E-state index contributed by atoms with van der Waals surface area (Å²) in [4.78, 5) is 26.3. The molecule has 7 heteroatoms. The van der Waals surface area contributed by atoms with Gasteiger partial charge in [-0.1, -0.05) is 30.3 Å². The van der Waals surface area contributed by atoms with Crippen molar-refractivity contribution in [3.05, 3.63) is 59.9 Å². The number of benzene rings is 2. The van der Waals surface area contributed by atoms with Gasteiger partial charge >= 0.3 is 0 Å². The van der Waals surface area contributed by atoms with E-state index < -0.39 is 5.41 Å². The third kappa shape index (κ3) is 3.98. The van der Waals surface area contributed by atoms with E-state index in [4.69, 9.17) is 14.5 Å². The molecule has 2 aliphatic rings. The molecule has 0 aliphatic carbocycles. The quantitative estimate of drug-likeness (QED) is 0.669. The maximum atomic E-state index is 13.7. The first-order valence-electron chi connectivity index (χ1n) is 11.4. The number of amides is 1. The van der Waals surface area contributed by atoms with Gasteiger partial charge in [0.15, 0.2) is 0 Å². The first-order valence-corrected chi connectivity index (χ1v) is 11.4. The molecule has 2 aliphatic heterocycles. The van der Waals surface area contributed by atoms with Crippen molar-refractivity contribution in [1.82, 2.24) is 19.8 Å². The molecule has 0 atom stereocenters. The molecule has 2 fully saturated rings. The minimum absolute atomic E-state index is 0.252. The van der Waals surface area contributed by atoms with Crippen molar-refractivity contribution in [2.45, 2.75) is 24.8 Å². The number of imidazole rings is 1. The van der Waals surface area contributed by atoms with Crippen LogP contribution in [0, 0.1) is 0 Å². The smallest absolute Gasteiger partial charge is 0.233 e. The summed E-state index contributed by atoms with van der Waals surface area (Å²) >= 11 is 0. The number of methoxy groups -OCH3 is 1. The minimum Gasteiger partial charge on any atom is -0.497 e. The third-order valence-corrected chi connectivity index (χ3v) is 6.85. The molecular formula is C25H30N4O3. The molecule has 1 amide bonds. The summed E-state index contributed by atoms with van der Waals surface area (Å²) < 4.78 is 10.9. The Labute approximate surface area is 188 Å². The second kappa shape index (κ2) is 8.92. The van der Waals surface area contributed by atoms with Crippen molar-refractivity contribution in [2.75, 3.05) is 46.5 Å². The van der Waals surface area contributed by atoms with Crippen LogP contribution < -0.4 is 4.74 Å². The summed E-state index contributed by atoms with van der Waals surface area (Å²) in [6, 6.07) is 16.1. The van der Waals surface area contributed by atoms with E-state index in [0.717, 1.165) is 73.7 Å². The van der Waals surface area contributed by atoms with Crippen LogP contribution in [0.5, 0.6) is 5.75 Å². The molecule has 1 N–H and O–H groups in total. The highest BCUT2D eigenvalue weighted by Gasteiger charge is 2.44. The Bertz CT molecular complexity index is 1070. The average Bonchev–Trinajstić information content (AvgIpc) is 3.26. The fraction of sp³-hybridized carbons (Fsp3) is 0.440. The summed E-state index contributed by atoms with van der Waals surface area (Å²) in [6.07, 6.45) is 1.50. The van der Waals surface area contributed by atoms with Crippen molar-refractivity contribution in [3.8, 4) is 5.75 Å². The molecular weight excluding hydrogens is 404 g/mol. The number of hydrogen-bond donors (Lipinski definition) is 1. The van der Waals surface area contributed by atoms with E-state index in [1.807, 2.05) is 36.4 Å². The second-order valence-electron chi connectivity index (χ2n) is 8.70. The number of aromatic amines is 1. The van der Waals surface area contributed by atoms with E-state index in [0.29, 0.717) is 13.2 Å². The zero-order valence-corrected chi connectivity index (χ0v) is 18.5. The molecule has 0 radical (unpaired) electrons. The number of carbonyl (C=O) groups is 1. The standard InChI is InChI=1S/C25H30N4O3/c1-31-20-7-8-21-22(17-20)27-23(26-21)18-28-11-13-29(14-12-28)24(30)25(9-15-32-16-10-25)19-5-3-2-4-6-19/h2-8,17H,9-16,18H2,1H3,(H,26,27). The maximum absolute atomic E-state index is 13.7. The van der Waals surface area contributed by atoms with Crippen molar-refractivity contribution < 1.29 is 14.3 Å². The predicted octanol–water partition coefficient (Wildman–Crippen LogP) is 2.96. The molecule has 7 nitrogen and oxygen atoms in total. The van der Waals surface area contributed by atoms with E-state index >= 15 is 0 Å². The van der Waals surface area contributed by atoms with Crippen LogP contribution in [0.25, 0.3) is 11.0 Å². The van der Waals surface area contributed by atoms with Crippen LogP contribution >= 0.6 is 0 Å². The highest BCUT2D eigenvalue weighted by atomic mass is 16.5. The zero-order valence-electron chi connectivity index (χ0n) is 18.5. The maximum Gasteiger partial charge on any atom is 0.233 e. The van der Waals surface area contributed by atoms with E-state index in [2.05, 4.69) is 26.9 Å². The van der Waals surface area contributed by atoms with Gasteiger partial charge in [-0.05, 0) is 30.5 Å².